The van der Waals surface area contributed by atoms with Gasteiger partial charge >= 0.3 is 0 Å². The van der Waals surface area contributed by atoms with Gasteiger partial charge in [-0.05, 0) is 35.3 Å². The lowest BCUT2D eigenvalue weighted by Crippen LogP contribution is -2.29. The van der Waals surface area contributed by atoms with Gasteiger partial charge in [-0.25, -0.2) is 0 Å². The molecule has 0 saturated heterocycles. The fourth-order valence-corrected chi connectivity index (χ4v) is 5.01. The highest BCUT2D eigenvalue weighted by atomic mass is 35.5. The van der Waals surface area contributed by atoms with Crippen LogP contribution in [-0.2, 0) is 24.3 Å². The van der Waals surface area contributed by atoms with Crippen LogP contribution < -0.4 is 5.32 Å². The van der Waals surface area contributed by atoms with Crippen LogP contribution in [0.2, 0.25) is 5.02 Å². The van der Waals surface area contributed by atoms with Crippen molar-refractivity contribution in [2.75, 3.05) is 11.9 Å². The monoisotopic (exact) mass is 433 g/mol. The summed E-state index contributed by atoms with van der Waals surface area (Å²) in [5.41, 5.74) is 3.71. The Hall–Kier alpha value is -2.91. The Bertz CT molecular complexity index is 1130. The largest absolute Gasteiger partial charge is 0.313 e. The molecule has 0 fully saturated rings. The average Bonchev–Trinajstić information content (AvgIpc) is 3.10. The molecular formula is C24H20ClN3OS. The highest BCUT2D eigenvalue weighted by molar-refractivity contribution is 7.16. The van der Waals surface area contributed by atoms with E-state index >= 15 is 0 Å². The summed E-state index contributed by atoms with van der Waals surface area (Å²) in [4.78, 5) is 16.0. The lowest BCUT2D eigenvalue weighted by atomic mass is 10.0. The Morgan fingerprint density at radius 2 is 1.97 bits per heavy atom. The first-order chi connectivity index (χ1) is 14.6. The van der Waals surface area contributed by atoms with E-state index in [9.17, 15) is 10.1 Å². The van der Waals surface area contributed by atoms with Crippen molar-refractivity contribution in [3.8, 4) is 6.07 Å². The summed E-state index contributed by atoms with van der Waals surface area (Å²) >= 11 is 7.63. The van der Waals surface area contributed by atoms with Crippen molar-refractivity contribution >= 4 is 39.9 Å². The van der Waals surface area contributed by atoms with Gasteiger partial charge in [0.2, 0.25) is 5.91 Å². The minimum Gasteiger partial charge on any atom is -0.313 e. The summed E-state index contributed by atoms with van der Waals surface area (Å²) in [6.45, 7) is 2.56. The van der Waals surface area contributed by atoms with Crippen molar-refractivity contribution in [3.63, 3.8) is 0 Å². The molecule has 2 aromatic carbocycles. The van der Waals surface area contributed by atoms with E-state index in [1.165, 1.54) is 23.0 Å². The average molecular weight is 434 g/mol. The third-order valence-electron chi connectivity index (χ3n) is 5.05. The van der Waals surface area contributed by atoms with Gasteiger partial charge in [-0.15, -0.1) is 11.3 Å². The Morgan fingerprint density at radius 3 is 2.73 bits per heavy atom. The molecule has 1 amide bonds. The maximum Gasteiger partial charge on any atom is 0.249 e. The zero-order chi connectivity index (χ0) is 20.9. The molecule has 1 aliphatic heterocycles. The Balaban J connectivity index is 1.47. The first kappa shape index (κ1) is 20.4. The number of amides is 1. The number of hydrogen-bond acceptors (Lipinski definition) is 4. The van der Waals surface area contributed by atoms with Gasteiger partial charge in [0.05, 0.1) is 5.56 Å². The predicted octanol–water partition coefficient (Wildman–Crippen LogP) is 5.48. The van der Waals surface area contributed by atoms with Gasteiger partial charge in [-0.3, -0.25) is 9.69 Å². The molecule has 0 radical (unpaired) electrons. The number of nitriles is 1. The molecule has 0 unspecified atom stereocenters. The second kappa shape index (κ2) is 9.27. The third-order valence-corrected chi connectivity index (χ3v) is 6.53. The van der Waals surface area contributed by atoms with Gasteiger partial charge in [0, 0.05) is 35.6 Å². The summed E-state index contributed by atoms with van der Waals surface area (Å²) in [6, 6.07) is 20.0. The Morgan fingerprint density at radius 1 is 1.20 bits per heavy atom. The molecule has 0 spiro atoms. The van der Waals surface area contributed by atoms with Crippen molar-refractivity contribution in [1.29, 1.82) is 5.26 Å². The number of nitrogens with zero attached hydrogens (tertiary/aromatic N) is 2. The molecule has 0 bridgehead atoms. The van der Waals surface area contributed by atoms with E-state index in [2.05, 4.69) is 28.4 Å². The first-order valence-electron chi connectivity index (χ1n) is 9.68. The number of carbonyl (C=O) groups is 1. The summed E-state index contributed by atoms with van der Waals surface area (Å²) in [5, 5.41) is 13.8. The van der Waals surface area contributed by atoms with Crippen molar-refractivity contribution in [2.24, 2.45) is 0 Å². The van der Waals surface area contributed by atoms with E-state index in [4.69, 9.17) is 11.6 Å². The lowest BCUT2D eigenvalue weighted by Gasteiger charge is -2.26. The van der Waals surface area contributed by atoms with Crippen LogP contribution in [0.15, 0.2) is 60.7 Å². The van der Waals surface area contributed by atoms with E-state index in [-0.39, 0.29) is 5.91 Å². The molecule has 4 rings (SSSR count). The lowest BCUT2D eigenvalue weighted by molar-refractivity contribution is -0.111. The number of carbonyl (C=O) groups excluding carboxylic acids is 1. The number of benzene rings is 2. The zero-order valence-corrected chi connectivity index (χ0v) is 17.8. The number of nitrogens with one attached hydrogen (secondary N) is 1. The maximum absolute atomic E-state index is 12.4. The number of rotatable bonds is 5. The SMILES string of the molecule is N#Cc1c(NC(=O)C=Cc2ccccc2Cl)sc2c1CCN(Cc1ccccc1)C2. The quantitative estimate of drug-likeness (QED) is 0.542. The van der Waals surface area contributed by atoms with Crippen LogP contribution in [0.3, 0.4) is 0 Å². The minimum atomic E-state index is -0.272. The van der Waals surface area contributed by atoms with E-state index < -0.39 is 0 Å². The van der Waals surface area contributed by atoms with E-state index in [0.29, 0.717) is 15.6 Å². The van der Waals surface area contributed by atoms with Crippen LogP contribution >= 0.6 is 22.9 Å². The van der Waals surface area contributed by atoms with E-state index in [1.807, 2.05) is 36.4 Å². The van der Waals surface area contributed by atoms with Crippen LogP contribution in [0, 0.1) is 11.3 Å². The molecule has 6 heteroatoms. The Labute approximate surface area is 185 Å². The molecule has 4 nitrogen and oxygen atoms in total. The van der Waals surface area contributed by atoms with Crippen LogP contribution in [0.5, 0.6) is 0 Å². The fourth-order valence-electron chi connectivity index (χ4n) is 3.57. The molecule has 0 atom stereocenters. The van der Waals surface area contributed by atoms with Crippen LogP contribution in [0.25, 0.3) is 6.08 Å². The van der Waals surface area contributed by atoms with Gasteiger partial charge in [0.15, 0.2) is 0 Å². The molecule has 150 valence electrons. The van der Waals surface area contributed by atoms with E-state index in [0.717, 1.165) is 42.1 Å². The fraction of sp³-hybridized carbons (Fsp3) is 0.167. The van der Waals surface area contributed by atoms with E-state index in [1.54, 1.807) is 12.1 Å². The second-order valence-electron chi connectivity index (χ2n) is 7.11. The number of anilines is 1. The molecule has 2 heterocycles. The first-order valence-corrected chi connectivity index (χ1v) is 10.9. The standard InChI is InChI=1S/C24H20ClN3OS/c25-21-9-5-4-8-18(21)10-11-23(29)27-24-20(14-26)19-12-13-28(16-22(19)30-24)15-17-6-2-1-3-7-17/h1-11H,12-13,15-16H2,(H,27,29). The molecule has 3 aromatic rings. The van der Waals surface area contributed by atoms with Crippen LogP contribution in [0.4, 0.5) is 5.00 Å². The van der Waals surface area contributed by atoms with Crippen LogP contribution in [0.1, 0.15) is 27.1 Å². The van der Waals surface area contributed by atoms with Crippen molar-refractivity contribution in [3.05, 3.63) is 92.8 Å². The molecule has 30 heavy (non-hydrogen) atoms. The van der Waals surface area contributed by atoms with Crippen LogP contribution in [-0.4, -0.2) is 17.4 Å². The molecule has 1 aromatic heterocycles. The normalized spacial score (nSPS) is 13.7. The van der Waals surface area contributed by atoms with Crippen molar-refractivity contribution in [2.45, 2.75) is 19.5 Å². The number of hydrogen-bond donors (Lipinski definition) is 1. The predicted molar refractivity (Wildman–Crippen MR) is 122 cm³/mol. The smallest absolute Gasteiger partial charge is 0.249 e. The number of halogens is 1. The maximum atomic E-state index is 12.4. The van der Waals surface area contributed by atoms with Gasteiger partial charge in [-0.1, -0.05) is 60.1 Å². The highest BCUT2D eigenvalue weighted by Gasteiger charge is 2.25. The minimum absolute atomic E-state index is 0.272. The summed E-state index contributed by atoms with van der Waals surface area (Å²) in [5.74, 6) is -0.272. The van der Waals surface area contributed by atoms with Gasteiger partial charge in [0.25, 0.3) is 0 Å². The number of fused-ring (bicyclic) bond motifs is 1. The van der Waals surface area contributed by atoms with Gasteiger partial charge in [0.1, 0.15) is 11.1 Å². The Kier molecular flexibility index (Phi) is 6.29. The molecule has 1 N–H and O–H groups in total. The van der Waals surface area contributed by atoms with Crippen molar-refractivity contribution < 1.29 is 4.79 Å². The van der Waals surface area contributed by atoms with Gasteiger partial charge < -0.3 is 5.32 Å². The van der Waals surface area contributed by atoms with Gasteiger partial charge in [-0.2, -0.15) is 5.26 Å². The molecular weight excluding hydrogens is 414 g/mol. The zero-order valence-electron chi connectivity index (χ0n) is 16.3. The second-order valence-corrected chi connectivity index (χ2v) is 8.62. The summed E-state index contributed by atoms with van der Waals surface area (Å²) in [6.07, 6.45) is 3.94. The summed E-state index contributed by atoms with van der Waals surface area (Å²) < 4.78 is 0. The number of thiophene rings is 1. The summed E-state index contributed by atoms with van der Waals surface area (Å²) in [7, 11) is 0. The van der Waals surface area contributed by atoms with Crippen molar-refractivity contribution in [1.82, 2.24) is 4.90 Å². The molecule has 1 aliphatic rings. The third kappa shape index (κ3) is 4.63. The highest BCUT2D eigenvalue weighted by Crippen LogP contribution is 2.37. The molecule has 0 saturated carbocycles. The topological polar surface area (TPSA) is 56.1 Å². The molecule has 0 aliphatic carbocycles.